The molecule has 0 aliphatic heterocycles. The van der Waals surface area contributed by atoms with E-state index in [1.807, 2.05) is 0 Å². The van der Waals surface area contributed by atoms with E-state index in [1.165, 1.54) is 26.5 Å². The Labute approximate surface area is 139 Å². The van der Waals surface area contributed by atoms with Gasteiger partial charge in [-0.15, -0.1) is 0 Å². The van der Waals surface area contributed by atoms with E-state index in [1.54, 1.807) is 42.5 Å². The van der Waals surface area contributed by atoms with Crippen LogP contribution in [0.3, 0.4) is 0 Å². The molecule has 0 heterocycles. The summed E-state index contributed by atoms with van der Waals surface area (Å²) in [6.07, 6.45) is 2.82. The van der Waals surface area contributed by atoms with Gasteiger partial charge in [-0.25, -0.2) is 0 Å². The molecule has 0 aliphatic rings. The molecule has 2 rings (SSSR count). The van der Waals surface area contributed by atoms with Gasteiger partial charge in [0.05, 0.1) is 25.5 Å². The average Bonchev–Trinajstić information content (AvgIpc) is 2.61. The lowest BCUT2D eigenvalue weighted by atomic mass is 10.1. The number of hydrogen-bond acceptors (Lipinski definition) is 5. The third-order valence-electron chi connectivity index (χ3n) is 3.33. The smallest absolute Gasteiger partial charge is 0.250 e. The summed E-state index contributed by atoms with van der Waals surface area (Å²) in [5.74, 6) is 0.257. The number of primary amides is 1. The minimum atomic E-state index is -0.544. The standard InChI is InChI=1S/C18H18N2O4/c1-23-16-8-7-12(11-17(16)24-2)15(21)9-10-20-14-6-4-3-5-13(14)18(19)22/h3-11,20H,1-2H3,(H2,19,22). The normalized spacial score (nSPS) is 10.4. The molecule has 0 unspecified atom stereocenters. The first kappa shape index (κ1) is 17.1. The van der Waals surface area contributed by atoms with Crippen LogP contribution in [0.25, 0.3) is 0 Å². The first-order valence-electron chi connectivity index (χ1n) is 7.15. The number of benzene rings is 2. The molecule has 1 amide bonds. The summed E-state index contributed by atoms with van der Waals surface area (Å²) in [6, 6.07) is 11.7. The fourth-order valence-corrected chi connectivity index (χ4v) is 2.12. The van der Waals surface area contributed by atoms with E-state index in [4.69, 9.17) is 15.2 Å². The molecule has 0 saturated heterocycles. The van der Waals surface area contributed by atoms with Gasteiger partial charge in [0, 0.05) is 17.8 Å². The van der Waals surface area contributed by atoms with Crippen LogP contribution >= 0.6 is 0 Å². The summed E-state index contributed by atoms with van der Waals surface area (Å²) in [4.78, 5) is 23.5. The van der Waals surface area contributed by atoms with E-state index >= 15 is 0 Å². The summed E-state index contributed by atoms with van der Waals surface area (Å²) < 4.78 is 10.3. The molecule has 0 spiro atoms. The molecule has 6 heteroatoms. The van der Waals surface area contributed by atoms with Gasteiger partial charge in [0.25, 0.3) is 5.91 Å². The fourth-order valence-electron chi connectivity index (χ4n) is 2.12. The van der Waals surface area contributed by atoms with E-state index in [9.17, 15) is 9.59 Å². The number of carbonyl (C=O) groups is 2. The Morgan fingerprint density at radius 1 is 1.04 bits per heavy atom. The number of methoxy groups -OCH3 is 2. The van der Waals surface area contributed by atoms with Gasteiger partial charge < -0.3 is 20.5 Å². The lowest BCUT2D eigenvalue weighted by Gasteiger charge is -2.08. The number of allylic oxidation sites excluding steroid dienone is 1. The number of hydrogen-bond donors (Lipinski definition) is 2. The largest absolute Gasteiger partial charge is 0.493 e. The molecule has 3 N–H and O–H groups in total. The molecule has 0 radical (unpaired) electrons. The minimum Gasteiger partial charge on any atom is -0.493 e. The number of amides is 1. The number of nitrogens with two attached hydrogens (primary N) is 1. The van der Waals surface area contributed by atoms with Crippen LogP contribution < -0.4 is 20.5 Å². The zero-order valence-electron chi connectivity index (χ0n) is 13.4. The molecular weight excluding hydrogens is 308 g/mol. The van der Waals surface area contributed by atoms with Gasteiger partial charge in [-0.3, -0.25) is 9.59 Å². The molecule has 2 aromatic carbocycles. The summed E-state index contributed by atoms with van der Waals surface area (Å²) in [7, 11) is 3.03. The molecule has 0 aromatic heterocycles. The zero-order chi connectivity index (χ0) is 17.5. The monoisotopic (exact) mass is 326 g/mol. The first-order chi connectivity index (χ1) is 11.6. The van der Waals surface area contributed by atoms with Gasteiger partial charge in [0.15, 0.2) is 17.3 Å². The highest BCUT2D eigenvalue weighted by atomic mass is 16.5. The van der Waals surface area contributed by atoms with Gasteiger partial charge in [-0.1, -0.05) is 12.1 Å². The van der Waals surface area contributed by atoms with Crippen molar-refractivity contribution in [3.63, 3.8) is 0 Å². The Bertz CT molecular complexity index is 784. The topological polar surface area (TPSA) is 90.6 Å². The van der Waals surface area contributed by atoms with Gasteiger partial charge in [0.1, 0.15) is 0 Å². The van der Waals surface area contributed by atoms with Crippen LogP contribution in [-0.2, 0) is 0 Å². The van der Waals surface area contributed by atoms with E-state index in [0.717, 1.165) is 0 Å². The maximum atomic E-state index is 12.2. The molecule has 24 heavy (non-hydrogen) atoms. The minimum absolute atomic E-state index is 0.222. The third-order valence-corrected chi connectivity index (χ3v) is 3.33. The highest BCUT2D eigenvalue weighted by Crippen LogP contribution is 2.27. The third kappa shape index (κ3) is 3.92. The second-order valence-corrected chi connectivity index (χ2v) is 4.82. The van der Waals surface area contributed by atoms with Crippen LogP contribution in [0.15, 0.2) is 54.7 Å². The van der Waals surface area contributed by atoms with E-state index < -0.39 is 5.91 Å². The van der Waals surface area contributed by atoms with Crippen molar-refractivity contribution >= 4 is 17.4 Å². The number of ketones is 1. The first-order valence-corrected chi connectivity index (χ1v) is 7.15. The van der Waals surface area contributed by atoms with Crippen molar-refractivity contribution in [3.8, 4) is 11.5 Å². The van der Waals surface area contributed by atoms with Crippen molar-refractivity contribution < 1.29 is 19.1 Å². The summed E-state index contributed by atoms with van der Waals surface area (Å²) in [5, 5.41) is 2.89. The number of anilines is 1. The van der Waals surface area contributed by atoms with Crippen LogP contribution in [0.5, 0.6) is 11.5 Å². The van der Waals surface area contributed by atoms with Gasteiger partial charge >= 0.3 is 0 Å². The van der Waals surface area contributed by atoms with Crippen molar-refractivity contribution in [1.29, 1.82) is 0 Å². The Morgan fingerprint density at radius 3 is 2.42 bits per heavy atom. The maximum absolute atomic E-state index is 12.2. The zero-order valence-corrected chi connectivity index (χ0v) is 13.4. The summed E-state index contributed by atoms with van der Waals surface area (Å²) in [6.45, 7) is 0. The van der Waals surface area contributed by atoms with Gasteiger partial charge in [0.2, 0.25) is 0 Å². The molecule has 0 atom stereocenters. The molecule has 0 saturated carbocycles. The molecular formula is C18H18N2O4. The number of nitrogens with one attached hydrogen (secondary N) is 1. The SMILES string of the molecule is COc1ccc(C(=O)C=CNc2ccccc2C(N)=O)cc1OC. The molecule has 0 aliphatic carbocycles. The molecule has 0 bridgehead atoms. The van der Waals surface area contributed by atoms with Gasteiger partial charge in [-0.2, -0.15) is 0 Å². The van der Waals surface area contributed by atoms with Crippen LogP contribution in [-0.4, -0.2) is 25.9 Å². The predicted molar refractivity (Wildman–Crippen MR) is 91.6 cm³/mol. The molecule has 124 valence electrons. The lowest BCUT2D eigenvalue weighted by Crippen LogP contribution is -2.13. The Balaban J connectivity index is 2.13. The highest BCUT2D eigenvalue weighted by Gasteiger charge is 2.09. The Morgan fingerprint density at radius 2 is 1.75 bits per heavy atom. The van der Waals surface area contributed by atoms with Crippen LogP contribution in [0, 0.1) is 0 Å². The van der Waals surface area contributed by atoms with Crippen LogP contribution in [0.4, 0.5) is 5.69 Å². The van der Waals surface area contributed by atoms with E-state index in [2.05, 4.69) is 5.32 Å². The van der Waals surface area contributed by atoms with Crippen molar-refractivity contribution in [3.05, 3.63) is 65.9 Å². The number of para-hydroxylation sites is 1. The fraction of sp³-hybridized carbons (Fsp3) is 0.111. The quantitative estimate of drug-likeness (QED) is 0.603. The Hall–Kier alpha value is -3.28. The average molecular weight is 326 g/mol. The van der Waals surface area contributed by atoms with E-state index in [0.29, 0.717) is 28.3 Å². The lowest BCUT2D eigenvalue weighted by molar-refractivity contribution is 0.0999. The van der Waals surface area contributed by atoms with E-state index in [-0.39, 0.29) is 5.78 Å². The predicted octanol–water partition coefficient (Wildman–Crippen LogP) is 2.61. The second-order valence-electron chi connectivity index (χ2n) is 4.82. The number of carbonyl (C=O) groups excluding carboxylic acids is 2. The number of ether oxygens (including phenoxy) is 2. The molecule has 2 aromatic rings. The van der Waals surface area contributed by atoms with Crippen molar-refractivity contribution in [1.82, 2.24) is 0 Å². The van der Waals surface area contributed by atoms with Gasteiger partial charge in [-0.05, 0) is 30.3 Å². The van der Waals surface area contributed by atoms with Crippen LogP contribution in [0.2, 0.25) is 0 Å². The van der Waals surface area contributed by atoms with Crippen molar-refractivity contribution in [2.75, 3.05) is 19.5 Å². The Kier molecular flexibility index (Phi) is 5.57. The molecule has 6 nitrogen and oxygen atoms in total. The summed E-state index contributed by atoms with van der Waals surface area (Å²) >= 11 is 0. The summed E-state index contributed by atoms with van der Waals surface area (Å²) in [5.41, 5.74) is 6.63. The van der Waals surface area contributed by atoms with Crippen LogP contribution in [0.1, 0.15) is 20.7 Å². The highest BCUT2D eigenvalue weighted by molar-refractivity contribution is 6.05. The second kappa shape index (κ2) is 7.82. The number of rotatable bonds is 7. The molecule has 0 fully saturated rings. The van der Waals surface area contributed by atoms with Crippen molar-refractivity contribution in [2.24, 2.45) is 5.73 Å². The van der Waals surface area contributed by atoms with Crippen molar-refractivity contribution in [2.45, 2.75) is 0 Å². The maximum Gasteiger partial charge on any atom is 0.250 e.